The van der Waals surface area contributed by atoms with Gasteiger partial charge in [0.1, 0.15) is 18.2 Å². The predicted molar refractivity (Wildman–Crippen MR) is 111 cm³/mol. The highest BCUT2D eigenvalue weighted by Gasteiger charge is 2.63. The Morgan fingerprint density at radius 2 is 1.81 bits per heavy atom. The molecule has 6 atom stereocenters. The predicted octanol–water partition coefficient (Wildman–Crippen LogP) is 3.23. The fourth-order valence-electron chi connectivity index (χ4n) is 6.73. The third-order valence-corrected chi connectivity index (χ3v) is 8.36. The van der Waals surface area contributed by atoms with Crippen molar-refractivity contribution in [1.82, 2.24) is 0 Å². The number of esters is 1. The molecule has 7 heteroatoms. The summed E-state index contributed by atoms with van der Waals surface area (Å²) in [6.07, 6.45) is 2.65. The van der Waals surface area contributed by atoms with E-state index in [4.69, 9.17) is 9.84 Å². The summed E-state index contributed by atoms with van der Waals surface area (Å²) < 4.78 is 5.16. The van der Waals surface area contributed by atoms with Crippen LogP contribution in [0.15, 0.2) is 0 Å². The second-order valence-corrected chi connectivity index (χ2v) is 10.5. The molecule has 0 saturated heterocycles. The van der Waals surface area contributed by atoms with E-state index in [-0.39, 0.29) is 66.9 Å². The number of aliphatic carboxylic acids is 1. The summed E-state index contributed by atoms with van der Waals surface area (Å²) in [5.74, 6) is -2.56. The van der Waals surface area contributed by atoms with Crippen LogP contribution in [0.4, 0.5) is 0 Å². The van der Waals surface area contributed by atoms with Gasteiger partial charge in [0.25, 0.3) is 0 Å². The first-order valence-corrected chi connectivity index (χ1v) is 11.4. The van der Waals surface area contributed by atoms with Gasteiger partial charge in [-0.05, 0) is 42.9 Å². The number of carbonyl (C=O) groups excluding carboxylic acids is 4. The molecule has 31 heavy (non-hydrogen) atoms. The fraction of sp³-hybridized carbons (Fsp3) is 0.792. The number of carbonyl (C=O) groups is 5. The highest BCUT2D eigenvalue weighted by Crippen LogP contribution is 2.63. The third-order valence-electron chi connectivity index (χ3n) is 8.36. The number of carboxylic acids is 1. The second kappa shape index (κ2) is 8.47. The molecule has 0 amide bonds. The standard InChI is InChI=1S/C24H34O7/c1-13(2)22(30)31-12-18(26)16-7-6-15-14-5-8-19(27)23(3,10-9-20(28)29)21(14)17(25)11-24(15,16)4/h13-16,21H,5-12H2,1-4H3,(H,28,29)/t14?,15?,16?,21?,23-,24-/m0/s1. The zero-order chi connectivity index (χ0) is 23.1. The first-order chi connectivity index (χ1) is 14.4. The molecular formula is C24H34O7. The molecule has 0 aromatic carbocycles. The smallest absolute Gasteiger partial charge is 0.308 e. The second-order valence-electron chi connectivity index (χ2n) is 10.5. The maximum Gasteiger partial charge on any atom is 0.308 e. The zero-order valence-electron chi connectivity index (χ0n) is 18.9. The van der Waals surface area contributed by atoms with Crippen LogP contribution in [0.1, 0.15) is 72.6 Å². The van der Waals surface area contributed by atoms with E-state index in [9.17, 15) is 24.0 Å². The number of hydrogen-bond donors (Lipinski definition) is 1. The summed E-state index contributed by atoms with van der Waals surface area (Å²) in [5, 5.41) is 9.15. The van der Waals surface area contributed by atoms with Crippen LogP contribution in [0.25, 0.3) is 0 Å². The van der Waals surface area contributed by atoms with E-state index in [2.05, 4.69) is 0 Å². The van der Waals surface area contributed by atoms with Crippen LogP contribution in [0.2, 0.25) is 0 Å². The van der Waals surface area contributed by atoms with E-state index in [1.54, 1.807) is 20.8 Å². The molecule has 3 fully saturated rings. The van der Waals surface area contributed by atoms with Crippen LogP contribution in [-0.2, 0) is 28.7 Å². The molecule has 7 nitrogen and oxygen atoms in total. The fourth-order valence-corrected chi connectivity index (χ4v) is 6.73. The van der Waals surface area contributed by atoms with Gasteiger partial charge in [-0.25, -0.2) is 0 Å². The summed E-state index contributed by atoms with van der Waals surface area (Å²) in [7, 11) is 0. The van der Waals surface area contributed by atoms with Gasteiger partial charge < -0.3 is 9.84 Å². The average molecular weight is 435 g/mol. The van der Waals surface area contributed by atoms with Crippen molar-refractivity contribution in [2.24, 2.45) is 40.4 Å². The van der Waals surface area contributed by atoms with Crippen molar-refractivity contribution < 1.29 is 33.8 Å². The van der Waals surface area contributed by atoms with Crippen molar-refractivity contribution in [1.29, 1.82) is 0 Å². The Morgan fingerprint density at radius 1 is 1.13 bits per heavy atom. The summed E-state index contributed by atoms with van der Waals surface area (Å²) in [6.45, 7) is 6.92. The van der Waals surface area contributed by atoms with Gasteiger partial charge >= 0.3 is 11.9 Å². The normalized spacial score (nSPS) is 37.3. The van der Waals surface area contributed by atoms with Gasteiger partial charge in [-0.15, -0.1) is 0 Å². The lowest BCUT2D eigenvalue weighted by Gasteiger charge is -2.54. The summed E-state index contributed by atoms with van der Waals surface area (Å²) in [5.41, 5.74) is -1.46. The first-order valence-electron chi connectivity index (χ1n) is 11.4. The van der Waals surface area contributed by atoms with E-state index >= 15 is 0 Å². The van der Waals surface area contributed by atoms with Gasteiger partial charge in [0.05, 0.1) is 5.92 Å². The average Bonchev–Trinajstić information content (AvgIpc) is 3.03. The largest absolute Gasteiger partial charge is 0.481 e. The van der Waals surface area contributed by atoms with Crippen molar-refractivity contribution in [3.63, 3.8) is 0 Å². The molecule has 3 saturated carbocycles. The lowest BCUT2D eigenvalue weighted by molar-refractivity contribution is -0.162. The van der Waals surface area contributed by atoms with Gasteiger partial charge in [0, 0.05) is 36.5 Å². The number of fused-ring (bicyclic) bond motifs is 3. The molecule has 0 spiro atoms. The zero-order valence-corrected chi connectivity index (χ0v) is 18.9. The van der Waals surface area contributed by atoms with Crippen LogP contribution < -0.4 is 0 Å². The molecule has 3 aliphatic rings. The van der Waals surface area contributed by atoms with Crippen molar-refractivity contribution in [2.45, 2.75) is 72.6 Å². The number of ketones is 3. The maximum absolute atomic E-state index is 13.4. The Morgan fingerprint density at radius 3 is 2.42 bits per heavy atom. The van der Waals surface area contributed by atoms with E-state index < -0.39 is 28.7 Å². The maximum atomic E-state index is 13.4. The molecular weight excluding hydrogens is 400 g/mol. The lowest BCUT2D eigenvalue weighted by atomic mass is 9.48. The van der Waals surface area contributed by atoms with Crippen molar-refractivity contribution >= 4 is 29.3 Å². The van der Waals surface area contributed by atoms with Gasteiger partial charge in [0.2, 0.25) is 0 Å². The Bertz CT molecular complexity index is 800. The van der Waals surface area contributed by atoms with Crippen LogP contribution in [0, 0.1) is 40.4 Å². The van der Waals surface area contributed by atoms with Crippen molar-refractivity contribution in [3.05, 3.63) is 0 Å². The van der Waals surface area contributed by atoms with Crippen LogP contribution in [0.3, 0.4) is 0 Å². The highest BCUT2D eigenvalue weighted by atomic mass is 16.5. The Kier molecular flexibility index (Phi) is 6.45. The van der Waals surface area contributed by atoms with E-state index in [0.29, 0.717) is 19.3 Å². The Balaban J connectivity index is 1.82. The molecule has 3 rings (SSSR count). The van der Waals surface area contributed by atoms with Crippen LogP contribution in [0.5, 0.6) is 0 Å². The quantitative estimate of drug-likeness (QED) is 0.612. The van der Waals surface area contributed by atoms with Crippen LogP contribution >= 0.6 is 0 Å². The highest BCUT2D eigenvalue weighted by molar-refractivity contribution is 5.96. The van der Waals surface area contributed by atoms with E-state index in [0.717, 1.165) is 6.42 Å². The molecule has 4 unspecified atom stereocenters. The topological polar surface area (TPSA) is 115 Å². The molecule has 3 aliphatic carbocycles. The Labute approximate surface area is 183 Å². The van der Waals surface area contributed by atoms with Gasteiger partial charge in [-0.3, -0.25) is 24.0 Å². The first kappa shape index (κ1) is 23.6. The number of carboxylic acid groups (broad SMARTS) is 1. The monoisotopic (exact) mass is 434 g/mol. The van der Waals surface area contributed by atoms with Gasteiger partial charge in [0.15, 0.2) is 5.78 Å². The van der Waals surface area contributed by atoms with Gasteiger partial charge in [-0.1, -0.05) is 27.7 Å². The molecule has 1 N–H and O–H groups in total. The number of hydrogen-bond acceptors (Lipinski definition) is 6. The minimum Gasteiger partial charge on any atom is -0.481 e. The molecule has 0 radical (unpaired) electrons. The molecule has 0 aliphatic heterocycles. The number of rotatable bonds is 7. The molecule has 0 bridgehead atoms. The van der Waals surface area contributed by atoms with E-state index in [1.165, 1.54) is 0 Å². The summed E-state index contributed by atoms with van der Waals surface area (Å²) >= 11 is 0. The SMILES string of the molecule is CC(C)C(=O)OCC(=O)C1CCC2C3CCC(=O)[C@](C)(CCC(=O)O)C3C(=O)C[C@]12C. The number of Topliss-reactive ketones (excluding diaryl/α,β-unsaturated/α-hetero) is 3. The summed E-state index contributed by atoms with van der Waals surface area (Å²) in [6, 6.07) is 0. The Hall–Kier alpha value is -2.05. The van der Waals surface area contributed by atoms with Crippen LogP contribution in [-0.4, -0.2) is 41.0 Å². The molecule has 0 aromatic heterocycles. The number of ether oxygens (including phenoxy) is 1. The minimum atomic E-state index is -0.966. The summed E-state index contributed by atoms with van der Waals surface area (Å²) in [4.78, 5) is 62.1. The minimum absolute atomic E-state index is 0.0150. The van der Waals surface area contributed by atoms with E-state index in [1.807, 2.05) is 6.92 Å². The molecule has 0 heterocycles. The molecule has 172 valence electrons. The third kappa shape index (κ3) is 4.08. The van der Waals surface area contributed by atoms with Crippen molar-refractivity contribution in [3.8, 4) is 0 Å². The van der Waals surface area contributed by atoms with Gasteiger partial charge in [-0.2, -0.15) is 0 Å². The lowest BCUT2D eigenvalue weighted by Crippen LogP contribution is -2.57. The molecule has 0 aromatic rings. The van der Waals surface area contributed by atoms with Crippen molar-refractivity contribution in [2.75, 3.05) is 6.61 Å².